The fourth-order valence-electron chi connectivity index (χ4n) is 3.74. The number of thiophene rings is 1. The summed E-state index contributed by atoms with van der Waals surface area (Å²) in [6, 6.07) is 12.1. The summed E-state index contributed by atoms with van der Waals surface area (Å²) in [4.78, 5) is 40.9. The van der Waals surface area contributed by atoms with E-state index in [-0.39, 0.29) is 23.6 Å². The minimum atomic E-state index is -0.637. The van der Waals surface area contributed by atoms with Crippen LogP contribution in [0.15, 0.2) is 47.8 Å². The van der Waals surface area contributed by atoms with Gasteiger partial charge in [0.2, 0.25) is 11.8 Å². The number of benzene rings is 1. The van der Waals surface area contributed by atoms with Gasteiger partial charge in [-0.1, -0.05) is 50.2 Å². The zero-order chi connectivity index (χ0) is 21.5. The first-order chi connectivity index (χ1) is 14.5. The normalized spacial score (nSPS) is 17.0. The van der Waals surface area contributed by atoms with Crippen molar-refractivity contribution in [2.45, 2.75) is 51.7 Å². The number of rotatable bonds is 8. The number of hydrogen-bond donors (Lipinski definition) is 2. The highest BCUT2D eigenvalue weighted by molar-refractivity contribution is 7.12. The lowest BCUT2D eigenvalue weighted by molar-refractivity contribution is -0.140. The van der Waals surface area contributed by atoms with E-state index in [9.17, 15) is 14.4 Å². The molecular formula is C23H29N3O3S. The van der Waals surface area contributed by atoms with Crippen molar-refractivity contribution >= 4 is 29.1 Å². The number of hydrogen-bond acceptors (Lipinski definition) is 4. The Morgan fingerprint density at radius 2 is 1.90 bits per heavy atom. The van der Waals surface area contributed by atoms with Gasteiger partial charge in [0.15, 0.2) is 0 Å². The van der Waals surface area contributed by atoms with Crippen LogP contribution in [0.2, 0.25) is 0 Å². The molecule has 2 aromatic rings. The van der Waals surface area contributed by atoms with E-state index in [1.54, 1.807) is 11.0 Å². The van der Waals surface area contributed by atoms with E-state index < -0.39 is 12.1 Å². The molecular weight excluding hydrogens is 398 g/mol. The van der Waals surface area contributed by atoms with Gasteiger partial charge in [-0.2, -0.15) is 0 Å². The van der Waals surface area contributed by atoms with E-state index in [1.165, 1.54) is 11.3 Å². The van der Waals surface area contributed by atoms with Crippen LogP contribution in [0.1, 0.15) is 48.3 Å². The topological polar surface area (TPSA) is 78.5 Å². The molecule has 1 saturated heterocycles. The molecule has 0 unspecified atom stereocenters. The van der Waals surface area contributed by atoms with Crippen molar-refractivity contribution in [3.05, 3.63) is 58.3 Å². The molecule has 160 valence electrons. The first-order valence-corrected chi connectivity index (χ1v) is 11.3. The van der Waals surface area contributed by atoms with Gasteiger partial charge in [0.05, 0.1) is 4.88 Å². The lowest BCUT2D eigenvalue weighted by Crippen LogP contribution is -2.53. The van der Waals surface area contributed by atoms with Gasteiger partial charge in [-0.05, 0) is 42.2 Å². The average Bonchev–Trinajstić information content (AvgIpc) is 3.43. The van der Waals surface area contributed by atoms with Gasteiger partial charge in [-0.15, -0.1) is 11.3 Å². The zero-order valence-electron chi connectivity index (χ0n) is 17.5. The predicted molar refractivity (Wildman–Crippen MR) is 118 cm³/mol. The molecule has 30 heavy (non-hydrogen) atoms. The summed E-state index contributed by atoms with van der Waals surface area (Å²) in [6.45, 7) is 5.01. The third kappa shape index (κ3) is 5.69. The third-order valence-electron chi connectivity index (χ3n) is 5.20. The molecule has 0 saturated carbocycles. The van der Waals surface area contributed by atoms with Crippen molar-refractivity contribution in [2.75, 3.05) is 6.54 Å². The summed E-state index contributed by atoms with van der Waals surface area (Å²) in [5.41, 5.74) is 1.02. The van der Waals surface area contributed by atoms with Crippen LogP contribution < -0.4 is 10.6 Å². The highest BCUT2D eigenvalue weighted by atomic mass is 32.1. The first-order valence-electron chi connectivity index (χ1n) is 10.4. The summed E-state index contributed by atoms with van der Waals surface area (Å²) in [5, 5.41) is 7.68. The molecule has 1 fully saturated rings. The van der Waals surface area contributed by atoms with Crippen LogP contribution >= 0.6 is 11.3 Å². The van der Waals surface area contributed by atoms with Crippen molar-refractivity contribution in [1.29, 1.82) is 0 Å². The van der Waals surface area contributed by atoms with Crippen LogP contribution in [0.3, 0.4) is 0 Å². The first kappa shape index (κ1) is 22.0. The van der Waals surface area contributed by atoms with Crippen molar-refractivity contribution in [2.24, 2.45) is 5.92 Å². The maximum absolute atomic E-state index is 13.3. The van der Waals surface area contributed by atoms with Crippen molar-refractivity contribution in [3.8, 4) is 0 Å². The van der Waals surface area contributed by atoms with Crippen LogP contribution in [0.5, 0.6) is 0 Å². The number of nitrogens with zero attached hydrogens (tertiary/aromatic N) is 1. The summed E-state index contributed by atoms with van der Waals surface area (Å²) in [6.07, 6.45) is 1.95. The van der Waals surface area contributed by atoms with Gasteiger partial charge in [0.1, 0.15) is 12.1 Å². The van der Waals surface area contributed by atoms with Gasteiger partial charge in [0, 0.05) is 13.1 Å². The molecule has 1 aromatic carbocycles. The molecule has 0 bridgehead atoms. The number of likely N-dealkylation sites (tertiary alicyclic amines) is 1. The van der Waals surface area contributed by atoms with E-state index in [0.29, 0.717) is 30.8 Å². The molecule has 2 atom stereocenters. The maximum Gasteiger partial charge on any atom is 0.261 e. The second kappa shape index (κ2) is 10.4. The quantitative estimate of drug-likeness (QED) is 0.679. The van der Waals surface area contributed by atoms with Gasteiger partial charge in [-0.25, -0.2) is 0 Å². The molecule has 7 heteroatoms. The van der Waals surface area contributed by atoms with E-state index in [4.69, 9.17) is 0 Å². The van der Waals surface area contributed by atoms with Crippen LogP contribution in [0.4, 0.5) is 0 Å². The number of amides is 3. The smallest absolute Gasteiger partial charge is 0.261 e. The van der Waals surface area contributed by atoms with Gasteiger partial charge >= 0.3 is 0 Å². The SMILES string of the molecule is CC(C)C[C@H](NC(=O)c1cccs1)C(=O)N1CCC[C@H]1C(=O)NCc1ccccc1. The van der Waals surface area contributed by atoms with Crippen molar-refractivity contribution in [1.82, 2.24) is 15.5 Å². The van der Waals surface area contributed by atoms with Crippen LogP contribution in [-0.2, 0) is 16.1 Å². The number of carbonyl (C=O) groups excluding carboxylic acids is 3. The maximum atomic E-state index is 13.3. The van der Waals surface area contributed by atoms with E-state index in [0.717, 1.165) is 12.0 Å². The zero-order valence-corrected chi connectivity index (χ0v) is 18.3. The second-order valence-electron chi connectivity index (χ2n) is 8.03. The van der Waals surface area contributed by atoms with E-state index in [2.05, 4.69) is 10.6 Å². The molecule has 1 aromatic heterocycles. The third-order valence-corrected chi connectivity index (χ3v) is 6.07. The summed E-state index contributed by atoms with van der Waals surface area (Å²) < 4.78 is 0. The Kier molecular flexibility index (Phi) is 7.63. The van der Waals surface area contributed by atoms with Crippen molar-refractivity contribution in [3.63, 3.8) is 0 Å². The Morgan fingerprint density at radius 1 is 1.13 bits per heavy atom. The Morgan fingerprint density at radius 3 is 2.57 bits per heavy atom. The molecule has 6 nitrogen and oxygen atoms in total. The van der Waals surface area contributed by atoms with Gasteiger partial charge in [-0.3, -0.25) is 14.4 Å². The Bertz CT molecular complexity index is 852. The van der Waals surface area contributed by atoms with Crippen LogP contribution in [0, 0.1) is 5.92 Å². The molecule has 2 N–H and O–H groups in total. The summed E-state index contributed by atoms with van der Waals surface area (Å²) in [5.74, 6) is -0.327. The number of nitrogens with one attached hydrogen (secondary N) is 2. The molecule has 3 rings (SSSR count). The molecule has 1 aliphatic heterocycles. The van der Waals surface area contributed by atoms with Crippen LogP contribution in [-0.4, -0.2) is 41.2 Å². The molecule has 0 aliphatic carbocycles. The molecule has 3 amide bonds. The Balaban J connectivity index is 1.66. The molecule has 2 heterocycles. The summed E-state index contributed by atoms with van der Waals surface area (Å²) in [7, 11) is 0. The monoisotopic (exact) mass is 427 g/mol. The summed E-state index contributed by atoms with van der Waals surface area (Å²) >= 11 is 1.34. The minimum Gasteiger partial charge on any atom is -0.350 e. The molecule has 1 aliphatic rings. The standard InChI is InChI=1S/C23H29N3O3S/c1-16(2)14-18(25-22(28)20-11-7-13-30-20)23(29)26-12-6-10-19(26)21(27)24-15-17-8-4-3-5-9-17/h3-5,7-9,11,13,16,18-19H,6,10,12,14-15H2,1-2H3,(H,24,27)(H,25,28)/t18-,19-/m0/s1. The fourth-order valence-corrected chi connectivity index (χ4v) is 4.36. The van der Waals surface area contributed by atoms with E-state index >= 15 is 0 Å². The largest absolute Gasteiger partial charge is 0.350 e. The highest BCUT2D eigenvalue weighted by Crippen LogP contribution is 2.21. The predicted octanol–water partition coefficient (Wildman–Crippen LogP) is 3.20. The average molecular weight is 428 g/mol. The van der Waals surface area contributed by atoms with Crippen molar-refractivity contribution < 1.29 is 14.4 Å². The second-order valence-corrected chi connectivity index (χ2v) is 8.97. The fraction of sp³-hybridized carbons (Fsp3) is 0.435. The highest BCUT2D eigenvalue weighted by Gasteiger charge is 2.37. The Hall–Kier alpha value is -2.67. The minimum absolute atomic E-state index is 0.141. The van der Waals surface area contributed by atoms with E-state index in [1.807, 2.05) is 55.6 Å². The Labute approximate surface area is 181 Å². The lowest BCUT2D eigenvalue weighted by Gasteiger charge is -2.29. The molecule has 0 radical (unpaired) electrons. The van der Waals surface area contributed by atoms with Crippen LogP contribution in [0.25, 0.3) is 0 Å². The lowest BCUT2D eigenvalue weighted by atomic mass is 10.0. The molecule has 0 spiro atoms. The van der Waals surface area contributed by atoms with Gasteiger partial charge < -0.3 is 15.5 Å². The van der Waals surface area contributed by atoms with Gasteiger partial charge in [0.25, 0.3) is 5.91 Å². The number of carbonyl (C=O) groups is 3.